The van der Waals surface area contributed by atoms with Gasteiger partial charge in [0, 0.05) is 31.7 Å². The molecule has 2 rings (SSSR count). The SMILES string of the molecule is Cc1cc(C(=O)NCC(CC(C)C)N2CCOCC2)no1. The highest BCUT2D eigenvalue weighted by atomic mass is 16.5. The molecule has 118 valence electrons. The van der Waals surface area contributed by atoms with Crippen molar-refractivity contribution in [2.75, 3.05) is 32.8 Å². The molecular weight excluding hydrogens is 270 g/mol. The van der Waals surface area contributed by atoms with Crippen LogP contribution in [0.15, 0.2) is 10.6 Å². The Bertz CT molecular complexity index is 453. The molecule has 2 heterocycles. The van der Waals surface area contributed by atoms with Crippen molar-refractivity contribution in [3.63, 3.8) is 0 Å². The van der Waals surface area contributed by atoms with Crippen LogP contribution in [0.1, 0.15) is 36.5 Å². The summed E-state index contributed by atoms with van der Waals surface area (Å²) in [4.78, 5) is 14.5. The lowest BCUT2D eigenvalue weighted by Gasteiger charge is -2.35. The van der Waals surface area contributed by atoms with Crippen LogP contribution in [0.2, 0.25) is 0 Å². The fraction of sp³-hybridized carbons (Fsp3) is 0.733. The number of carbonyl (C=O) groups excluding carboxylic acids is 1. The zero-order valence-electron chi connectivity index (χ0n) is 13.1. The van der Waals surface area contributed by atoms with Gasteiger partial charge < -0.3 is 14.6 Å². The van der Waals surface area contributed by atoms with E-state index in [1.165, 1.54) is 0 Å². The summed E-state index contributed by atoms with van der Waals surface area (Å²) in [5.41, 5.74) is 0.345. The van der Waals surface area contributed by atoms with E-state index in [0.29, 0.717) is 30.0 Å². The number of ether oxygens (including phenoxy) is 1. The van der Waals surface area contributed by atoms with Crippen LogP contribution in [0.3, 0.4) is 0 Å². The first-order chi connectivity index (χ1) is 10.1. The van der Waals surface area contributed by atoms with E-state index in [9.17, 15) is 4.79 Å². The maximum Gasteiger partial charge on any atom is 0.273 e. The van der Waals surface area contributed by atoms with Crippen LogP contribution in [0.4, 0.5) is 0 Å². The quantitative estimate of drug-likeness (QED) is 0.860. The minimum absolute atomic E-state index is 0.172. The number of aromatic nitrogens is 1. The average molecular weight is 295 g/mol. The Morgan fingerprint density at radius 3 is 2.71 bits per heavy atom. The molecule has 1 amide bonds. The van der Waals surface area contributed by atoms with Crippen molar-refractivity contribution in [2.24, 2.45) is 5.92 Å². The van der Waals surface area contributed by atoms with E-state index < -0.39 is 0 Å². The van der Waals surface area contributed by atoms with Crippen molar-refractivity contribution >= 4 is 5.91 Å². The predicted octanol–water partition coefficient (Wildman–Crippen LogP) is 1.46. The summed E-state index contributed by atoms with van der Waals surface area (Å²) in [5.74, 6) is 1.06. The molecule has 0 aliphatic carbocycles. The lowest BCUT2D eigenvalue weighted by atomic mass is 10.0. The van der Waals surface area contributed by atoms with E-state index >= 15 is 0 Å². The van der Waals surface area contributed by atoms with E-state index in [-0.39, 0.29) is 5.91 Å². The molecule has 0 radical (unpaired) electrons. The van der Waals surface area contributed by atoms with Crippen LogP contribution in [0, 0.1) is 12.8 Å². The maximum absolute atomic E-state index is 12.1. The molecule has 6 heteroatoms. The van der Waals surface area contributed by atoms with Crippen molar-refractivity contribution < 1.29 is 14.1 Å². The molecule has 6 nitrogen and oxygen atoms in total. The Labute approximate surface area is 125 Å². The average Bonchev–Trinajstić information content (AvgIpc) is 2.90. The van der Waals surface area contributed by atoms with E-state index in [1.807, 2.05) is 0 Å². The molecule has 1 aromatic rings. The first-order valence-corrected chi connectivity index (χ1v) is 7.59. The summed E-state index contributed by atoms with van der Waals surface area (Å²) >= 11 is 0. The number of morpholine rings is 1. The van der Waals surface area contributed by atoms with E-state index in [0.717, 1.165) is 32.7 Å². The summed E-state index contributed by atoms with van der Waals surface area (Å²) in [6.07, 6.45) is 1.05. The zero-order chi connectivity index (χ0) is 15.2. The van der Waals surface area contributed by atoms with Crippen molar-refractivity contribution in [1.29, 1.82) is 0 Å². The van der Waals surface area contributed by atoms with Crippen molar-refractivity contribution in [2.45, 2.75) is 33.2 Å². The minimum Gasteiger partial charge on any atom is -0.379 e. The molecule has 0 saturated carbocycles. The van der Waals surface area contributed by atoms with E-state index in [1.54, 1.807) is 13.0 Å². The van der Waals surface area contributed by atoms with E-state index in [4.69, 9.17) is 9.26 Å². The van der Waals surface area contributed by atoms with Crippen LogP contribution in [0.5, 0.6) is 0 Å². The number of aryl methyl sites for hydroxylation is 1. The molecule has 0 bridgehead atoms. The molecule has 1 aliphatic rings. The summed E-state index contributed by atoms with van der Waals surface area (Å²) in [6, 6.07) is 1.99. The normalized spacial score (nSPS) is 17.9. The largest absolute Gasteiger partial charge is 0.379 e. The first-order valence-electron chi connectivity index (χ1n) is 7.59. The van der Waals surface area contributed by atoms with Gasteiger partial charge in [0.25, 0.3) is 5.91 Å². The van der Waals surface area contributed by atoms with Gasteiger partial charge in [-0.05, 0) is 19.3 Å². The predicted molar refractivity (Wildman–Crippen MR) is 79.2 cm³/mol. The van der Waals surface area contributed by atoms with Gasteiger partial charge in [-0.2, -0.15) is 0 Å². The Morgan fingerprint density at radius 2 is 2.14 bits per heavy atom. The maximum atomic E-state index is 12.1. The van der Waals surface area contributed by atoms with Gasteiger partial charge >= 0.3 is 0 Å². The number of nitrogens with one attached hydrogen (secondary N) is 1. The minimum atomic E-state index is -0.172. The molecule has 21 heavy (non-hydrogen) atoms. The Balaban J connectivity index is 1.90. The highest BCUT2D eigenvalue weighted by molar-refractivity contribution is 5.92. The molecule has 0 spiro atoms. The summed E-state index contributed by atoms with van der Waals surface area (Å²) in [6.45, 7) is 10.2. The monoisotopic (exact) mass is 295 g/mol. The highest BCUT2D eigenvalue weighted by Crippen LogP contribution is 2.13. The lowest BCUT2D eigenvalue weighted by Crippen LogP contribution is -2.49. The summed E-state index contributed by atoms with van der Waals surface area (Å²) < 4.78 is 10.3. The number of hydrogen-bond acceptors (Lipinski definition) is 5. The van der Waals surface area contributed by atoms with Gasteiger partial charge in [-0.15, -0.1) is 0 Å². The molecule has 1 N–H and O–H groups in total. The second-order valence-electron chi connectivity index (χ2n) is 5.96. The van der Waals surface area contributed by atoms with Crippen molar-refractivity contribution in [3.05, 3.63) is 17.5 Å². The van der Waals surface area contributed by atoms with Crippen LogP contribution in [-0.4, -0.2) is 54.9 Å². The summed E-state index contributed by atoms with van der Waals surface area (Å²) in [5, 5.41) is 6.72. The first kappa shape index (κ1) is 16.0. The third kappa shape index (κ3) is 4.82. The topological polar surface area (TPSA) is 67.6 Å². The van der Waals surface area contributed by atoms with Crippen LogP contribution in [-0.2, 0) is 4.74 Å². The number of hydrogen-bond donors (Lipinski definition) is 1. The van der Waals surface area contributed by atoms with Gasteiger partial charge in [0.15, 0.2) is 5.69 Å². The van der Waals surface area contributed by atoms with Crippen LogP contribution < -0.4 is 5.32 Å². The van der Waals surface area contributed by atoms with Gasteiger partial charge in [-0.1, -0.05) is 19.0 Å². The molecule has 0 aromatic carbocycles. The lowest BCUT2D eigenvalue weighted by molar-refractivity contribution is 0.0124. The smallest absolute Gasteiger partial charge is 0.273 e. The third-order valence-electron chi connectivity index (χ3n) is 3.66. The van der Waals surface area contributed by atoms with Gasteiger partial charge in [-0.3, -0.25) is 9.69 Å². The Hall–Kier alpha value is -1.40. The fourth-order valence-corrected chi connectivity index (χ4v) is 2.62. The second-order valence-corrected chi connectivity index (χ2v) is 5.96. The van der Waals surface area contributed by atoms with Gasteiger partial charge in [0.2, 0.25) is 0 Å². The molecule has 1 atom stereocenters. The number of amides is 1. The van der Waals surface area contributed by atoms with E-state index in [2.05, 4.69) is 29.2 Å². The molecule has 1 unspecified atom stereocenters. The van der Waals surface area contributed by atoms with Crippen LogP contribution >= 0.6 is 0 Å². The van der Waals surface area contributed by atoms with Crippen molar-refractivity contribution in [3.8, 4) is 0 Å². The van der Waals surface area contributed by atoms with Gasteiger partial charge in [0.1, 0.15) is 5.76 Å². The Morgan fingerprint density at radius 1 is 1.43 bits per heavy atom. The molecule has 1 aliphatic heterocycles. The Kier molecular flexibility index (Phi) is 5.76. The summed E-state index contributed by atoms with van der Waals surface area (Å²) in [7, 11) is 0. The standard InChI is InChI=1S/C15H25N3O3/c1-11(2)8-13(18-4-6-20-7-5-18)10-16-15(19)14-9-12(3)21-17-14/h9,11,13H,4-8,10H2,1-3H3,(H,16,19). The molecule has 1 saturated heterocycles. The molecule has 1 aromatic heterocycles. The number of carbonyl (C=O) groups is 1. The number of nitrogens with zero attached hydrogens (tertiary/aromatic N) is 2. The fourth-order valence-electron chi connectivity index (χ4n) is 2.62. The third-order valence-corrected chi connectivity index (χ3v) is 3.66. The van der Waals surface area contributed by atoms with Crippen molar-refractivity contribution in [1.82, 2.24) is 15.4 Å². The number of rotatable bonds is 6. The molecular formula is C15H25N3O3. The highest BCUT2D eigenvalue weighted by Gasteiger charge is 2.23. The van der Waals surface area contributed by atoms with Gasteiger partial charge in [-0.25, -0.2) is 0 Å². The second kappa shape index (κ2) is 7.56. The van der Waals surface area contributed by atoms with Crippen LogP contribution in [0.25, 0.3) is 0 Å². The molecule has 1 fully saturated rings. The van der Waals surface area contributed by atoms with Gasteiger partial charge in [0.05, 0.1) is 13.2 Å². The zero-order valence-corrected chi connectivity index (χ0v) is 13.1.